The highest BCUT2D eigenvalue weighted by Gasteiger charge is 2.00. The zero-order chi connectivity index (χ0) is 13.9. The third-order valence-electron chi connectivity index (χ3n) is 2.18. The van der Waals surface area contributed by atoms with Crippen molar-refractivity contribution in [3.8, 4) is 0 Å². The summed E-state index contributed by atoms with van der Waals surface area (Å²) >= 11 is 0. The number of nitrogens with zero attached hydrogens (tertiary/aromatic N) is 6. The number of aryl methyl sites for hydroxylation is 1. The van der Waals surface area contributed by atoms with E-state index in [1.165, 1.54) is 6.92 Å². The van der Waals surface area contributed by atoms with Crippen LogP contribution in [0.4, 0.5) is 0 Å². The number of rotatable bonds is 9. The number of ether oxygens (including phenoxy) is 1. The molecule has 1 heterocycles. The first kappa shape index (κ1) is 14.9. The van der Waals surface area contributed by atoms with Gasteiger partial charge in [0.1, 0.15) is 0 Å². The Morgan fingerprint density at radius 2 is 2.53 bits per heavy atom. The first-order valence-corrected chi connectivity index (χ1v) is 5.96. The number of nitrogens with one attached hydrogen (secondary N) is 1. The molecule has 0 bridgehead atoms. The van der Waals surface area contributed by atoms with Crippen LogP contribution in [0, 0.1) is 0 Å². The van der Waals surface area contributed by atoms with Gasteiger partial charge in [-0.15, -0.1) is 5.10 Å². The number of esters is 1. The Hall–Kier alpha value is -2.12. The Balaban J connectivity index is 2.17. The fourth-order valence-corrected chi connectivity index (χ4v) is 1.36. The highest BCUT2D eigenvalue weighted by molar-refractivity contribution is 5.65. The van der Waals surface area contributed by atoms with Crippen molar-refractivity contribution in [1.82, 2.24) is 20.3 Å². The molecule has 0 radical (unpaired) electrons. The van der Waals surface area contributed by atoms with Gasteiger partial charge in [0.25, 0.3) is 0 Å². The molecule has 0 aromatic carbocycles. The lowest BCUT2D eigenvalue weighted by Gasteiger charge is -2.01. The molecule has 1 aromatic heterocycles. The number of carbonyl (C=O) groups excluding carboxylic acids is 1. The topological polar surface area (TPSA) is 118 Å². The highest BCUT2D eigenvalue weighted by Crippen LogP contribution is 1.95. The Bertz CT molecular complexity index is 414. The summed E-state index contributed by atoms with van der Waals surface area (Å²) < 4.78 is 6.52. The molecule has 0 atom stereocenters. The minimum absolute atomic E-state index is 0.275. The van der Waals surface area contributed by atoms with Crippen LogP contribution in [-0.4, -0.2) is 40.7 Å². The molecule has 19 heavy (non-hydrogen) atoms. The average molecular weight is 267 g/mol. The number of carbonyl (C=O) groups is 1. The van der Waals surface area contributed by atoms with E-state index in [9.17, 15) is 4.79 Å². The third-order valence-corrected chi connectivity index (χ3v) is 2.18. The Morgan fingerprint density at radius 1 is 1.68 bits per heavy atom. The summed E-state index contributed by atoms with van der Waals surface area (Å²) in [5.41, 5.74) is 8.91. The Morgan fingerprint density at radius 3 is 3.26 bits per heavy atom. The molecule has 0 unspecified atom stereocenters. The minimum atomic E-state index is -0.275. The van der Waals surface area contributed by atoms with E-state index in [4.69, 9.17) is 10.3 Å². The first-order valence-electron chi connectivity index (χ1n) is 5.96. The van der Waals surface area contributed by atoms with Crippen LogP contribution in [0.1, 0.15) is 19.0 Å². The van der Waals surface area contributed by atoms with E-state index in [-0.39, 0.29) is 5.97 Å². The zero-order valence-corrected chi connectivity index (χ0v) is 10.8. The minimum Gasteiger partial charge on any atom is -0.466 e. The van der Waals surface area contributed by atoms with Gasteiger partial charge in [0, 0.05) is 50.6 Å². The van der Waals surface area contributed by atoms with Crippen LogP contribution in [0.2, 0.25) is 0 Å². The molecule has 1 aromatic rings. The second-order valence-electron chi connectivity index (χ2n) is 3.80. The van der Waals surface area contributed by atoms with E-state index in [1.807, 2.05) is 6.20 Å². The Labute approximate surface area is 110 Å². The molecular weight excluding hydrogens is 250 g/mol. The van der Waals surface area contributed by atoms with E-state index in [0.29, 0.717) is 39.2 Å². The average Bonchev–Trinajstić information content (AvgIpc) is 2.82. The molecular formula is C10H17N7O2. The van der Waals surface area contributed by atoms with Gasteiger partial charge in [-0.1, -0.05) is 10.3 Å². The van der Waals surface area contributed by atoms with E-state index in [0.717, 1.165) is 5.69 Å². The summed E-state index contributed by atoms with van der Waals surface area (Å²) in [4.78, 5) is 13.2. The summed E-state index contributed by atoms with van der Waals surface area (Å²) in [7, 11) is 0. The molecule has 0 aliphatic rings. The standard InChI is InChI=1S/C10H17N7O2/c1-9(18)19-6-2-5-17-8-10(14-16-17)7-12-3-4-13-15-11/h8,12H,2-7H2,1H3. The fraction of sp³-hybridized carbons (Fsp3) is 0.700. The van der Waals surface area contributed by atoms with E-state index >= 15 is 0 Å². The molecule has 1 N–H and O–H groups in total. The highest BCUT2D eigenvalue weighted by atomic mass is 16.5. The summed E-state index contributed by atoms with van der Waals surface area (Å²) in [6.07, 6.45) is 2.53. The Kier molecular flexibility index (Phi) is 7.00. The van der Waals surface area contributed by atoms with Gasteiger partial charge in [0.2, 0.25) is 0 Å². The van der Waals surface area contributed by atoms with Gasteiger partial charge < -0.3 is 10.1 Å². The van der Waals surface area contributed by atoms with Crippen molar-refractivity contribution in [2.75, 3.05) is 19.7 Å². The number of hydrogen-bond donors (Lipinski definition) is 1. The largest absolute Gasteiger partial charge is 0.466 e. The third kappa shape index (κ3) is 7.02. The molecule has 0 amide bonds. The van der Waals surface area contributed by atoms with Crippen LogP contribution < -0.4 is 5.32 Å². The van der Waals surface area contributed by atoms with Gasteiger partial charge in [-0.25, -0.2) is 0 Å². The maximum Gasteiger partial charge on any atom is 0.302 e. The van der Waals surface area contributed by atoms with E-state index < -0.39 is 0 Å². The summed E-state index contributed by atoms with van der Waals surface area (Å²) in [5, 5.41) is 14.4. The van der Waals surface area contributed by atoms with Crippen LogP contribution in [0.25, 0.3) is 10.4 Å². The lowest BCUT2D eigenvalue weighted by atomic mass is 10.4. The smallest absolute Gasteiger partial charge is 0.302 e. The van der Waals surface area contributed by atoms with E-state index in [2.05, 4.69) is 25.7 Å². The lowest BCUT2D eigenvalue weighted by molar-refractivity contribution is -0.141. The zero-order valence-electron chi connectivity index (χ0n) is 10.8. The van der Waals surface area contributed by atoms with Crippen molar-refractivity contribution in [1.29, 1.82) is 0 Å². The molecule has 9 nitrogen and oxygen atoms in total. The van der Waals surface area contributed by atoms with Gasteiger partial charge in [-0.2, -0.15) is 0 Å². The van der Waals surface area contributed by atoms with Gasteiger partial charge in [0.05, 0.1) is 12.3 Å². The molecule has 1 rings (SSSR count). The van der Waals surface area contributed by atoms with Crippen molar-refractivity contribution < 1.29 is 9.53 Å². The summed E-state index contributed by atoms with van der Waals surface area (Å²) in [5.74, 6) is -0.275. The molecule has 0 aliphatic carbocycles. The molecule has 0 fully saturated rings. The van der Waals surface area contributed by atoms with Crippen LogP contribution in [0.15, 0.2) is 11.3 Å². The molecule has 9 heteroatoms. The second kappa shape index (κ2) is 8.90. The number of azide groups is 1. The molecule has 104 valence electrons. The van der Waals surface area contributed by atoms with Crippen molar-refractivity contribution >= 4 is 5.97 Å². The molecule has 0 saturated carbocycles. The summed E-state index contributed by atoms with van der Waals surface area (Å²) in [6, 6.07) is 0. The van der Waals surface area contributed by atoms with Crippen molar-refractivity contribution in [2.24, 2.45) is 5.11 Å². The van der Waals surface area contributed by atoms with Crippen molar-refractivity contribution in [3.63, 3.8) is 0 Å². The SMILES string of the molecule is CC(=O)OCCCn1cc(CNCCN=[N+]=[N-])nn1. The first-order chi connectivity index (χ1) is 9.22. The summed E-state index contributed by atoms with van der Waals surface area (Å²) in [6.45, 7) is 4.00. The predicted octanol–water partition coefficient (Wildman–Crippen LogP) is 0.631. The van der Waals surface area contributed by atoms with Crippen LogP contribution in [-0.2, 0) is 22.6 Å². The van der Waals surface area contributed by atoms with Gasteiger partial charge in [0.15, 0.2) is 0 Å². The lowest BCUT2D eigenvalue weighted by Crippen LogP contribution is -2.16. The van der Waals surface area contributed by atoms with Gasteiger partial charge >= 0.3 is 5.97 Å². The van der Waals surface area contributed by atoms with Gasteiger partial charge in [-0.3, -0.25) is 9.48 Å². The van der Waals surface area contributed by atoms with Crippen LogP contribution >= 0.6 is 0 Å². The number of hydrogen-bond acceptors (Lipinski definition) is 6. The second-order valence-corrected chi connectivity index (χ2v) is 3.80. The van der Waals surface area contributed by atoms with Crippen molar-refractivity contribution in [3.05, 3.63) is 22.3 Å². The fourth-order valence-electron chi connectivity index (χ4n) is 1.36. The molecule has 0 spiro atoms. The van der Waals surface area contributed by atoms with Crippen molar-refractivity contribution in [2.45, 2.75) is 26.4 Å². The molecule has 0 aliphatic heterocycles. The van der Waals surface area contributed by atoms with Gasteiger partial charge in [-0.05, 0) is 5.53 Å². The monoisotopic (exact) mass is 267 g/mol. The predicted molar refractivity (Wildman–Crippen MR) is 67.0 cm³/mol. The van der Waals surface area contributed by atoms with E-state index in [1.54, 1.807) is 4.68 Å². The van der Waals surface area contributed by atoms with Crippen LogP contribution in [0.3, 0.4) is 0 Å². The maximum absolute atomic E-state index is 10.6. The maximum atomic E-state index is 10.6. The molecule has 0 saturated heterocycles. The number of aromatic nitrogens is 3. The normalized spacial score (nSPS) is 9.95. The van der Waals surface area contributed by atoms with Crippen LogP contribution in [0.5, 0.6) is 0 Å². The quantitative estimate of drug-likeness (QED) is 0.231.